The first-order chi connectivity index (χ1) is 5.22. The van der Waals surface area contributed by atoms with E-state index in [1.165, 1.54) is 7.11 Å². The van der Waals surface area contributed by atoms with Crippen molar-refractivity contribution in [3.05, 3.63) is 0 Å². The second-order valence-corrected chi connectivity index (χ2v) is 1.63. The van der Waals surface area contributed by atoms with Gasteiger partial charge in [-0.1, -0.05) is 13.8 Å². The summed E-state index contributed by atoms with van der Waals surface area (Å²) in [5.41, 5.74) is 0. The average molecular weight is 163 g/mol. The van der Waals surface area contributed by atoms with Gasteiger partial charge in [-0.3, -0.25) is 4.79 Å². The summed E-state index contributed by atoms with van der Waals surface area (Å²) in [7, 11) is 3.05. The Morgan fingerprint density at radius 3 is 2.18 bits per heavy atom. The number of hydrogen-bond acceptors (Lipinski definition) is 3. The maximum Gasteiger partial charge on any atom is 0.323 e. The first kappa shape index (κ1) is 13.0. The summed E-state index contributed by atoms with van der Waals surface area (Å²) in [6, 6.07) is -0.588. The van der Waals surface area contributed by atoms with Crippen molar-refractivity contribution in [1.29, 1.82) is 0 Å². The van der Waals surface area contributed by atoms with Crippen molar-refractivity contribution < 1.29 is 14.6 Å². The summed E-state index contributed by atoms with van der Waals surface area (Å²) < 4.78 is 4.61. The van der Waals surface area contributed by atoms with Crippen molar-refractivity contribution in [2.24, 2.45) is 0 Å². The van der Waals surface area contributed by atoms with Crippen molar-refractivity contribution in [2.75, 3.05) is 20.8 Å². The Bertz CT molecular complexity index is 95.7. The van der Waals surface area contributed by atoms with Crippen LogP contribution in [0.25, 0.3) is 0 Å². The molecule has 0 rings (SSSR count). The molecule has 0 heterocycles. The van der Waals surface area contributed by atoms with Crippen LogP contribution in [0.1, 0.15) is 13.8 Å². The fourth-order valence-corrected chi connectivity index (χ4v) is 0.445. The molecule has 2 N–H and O–H groups in total. The van der Waals surface area contributed by atoms with Crippen LogP contribution in [-0.4, -0.2) is 37.9 Å². The van der Waals surface area contributed by atoms with Gasteiger partial charge in [-0.2, -0.15) is 0 Å². The van der Waals surface area contributed by atoms with Crippen LogP contribution in [0, 0.1) is 0 Å². The molecule has 11 heavy (non-hydrogen) atoms. The van der Waals surface area contributed by atoms with E-state index in [1.807, 2.05) is 13.8 Å². The van der Waals surface area contributed by atoms with Gasteiger partial charge in [0.25, 0.3) is 0 Å². The molecule has 0 aliphatic heterocycles. The molecule has 4 heteroatoms. The number of nitrogens with one attached hydrogen (secondary N) is 1. The molecule has 0 aliphatic rings. The first-order valence-corrected chi connectivity index (χ1v) is 3.61. The summed E-state index contributed by atoms with van der Waals surface area (Å²) in [6.07, 6.45) is 0. The molecule has 0 aromatic rings. The molecule has 0 aliphatic carbocycles. The lowest BCUT2D eigenvalue weighted by molar-refractivity contribution is -0.140. The van der Waals surface area contributed by atoms with Gasteiger partial charge < -0.3 is 15.2 Å². The first-order valence-electron chi connectivity index (χ1n) is 3.61. The van der Waals surface area contributed by atoms with Crippen LogP contribution in [-0.2, 0) is 9.53 Å². The van der Waals surface area contributed by atoms with Crippen LogP contribution in [0.15, 0.2) is 0 Å². The Labute approximate surface area is 67.6 Å². The number of likely N-dealkylation sites (N-methyl/N-ethyl adjacent to an activating group) is 1. The second kappa shape index (κ2) is 9.39. The fourth-order valence-electron chi connectivity index (χ4n) is 0.445. The average Bonchev–Trinajstić information content (AvgIpc) is 2.03. The topological polar surface area (TPSA) is 58.6 Å². The van der Waals surface area contributed by atoms with Gasteiger partial charge in [0.15, 0.2) is 0 Å². The number of carboxylic acid groups (broad SMARTS) is 1. The molecule has 0 aromatic carbocycles. The largest absolute Gasteiger partial charge is 0.480 e. The number of aliphatic carboxylic acids is 1. The molecule has 68 valence electrons. The summed E-state index contributed by atoms with van der Waals surface area (Å²) in [5, 5.41) is 10.9. The van der Waals surface area contributed by atoms with Crippen LogP contribution in [0.5, 0.6) is 0 Å². The molecular formula is C7H17NO3. The van der Waals surface area contributed by atoms with Crippen molar-refractivity contribution in [2.45, 2.75) is 19.9 Å². The van der Waals surface area contributed by atoms with Crippen molar-refractivity contribution >= 4 is 5.97 Å². The van der Waals surface area contributed by atoms with Gasteiger partial charge in [-0.25, -0.2) is 0 Å². The Hall–Kier alpha value is -0.610. The molecule has 1 unspecified atom stereocenters. The van der Waals surface area contributed by atoms with Gasteiger partial charge in [0.05, 0.1) is 6.61 Å². The lowest BCUT2D eigenvalue weighted by atomic mass is 10.3. The van der Waals surface area contributed by atoms with E-state index in [2.05, 4.69) is 10.1 Å². The third-order valence-corrected chi connectivity index (χ3v) is 0.980. The highest BCUT2D eigenvalue weighted by atomic mass is 16.5. The third-order valence-electron chi connectivity index (χ3n) is 0.980. The number of rotatable bonds is 4. The highest BCUT2D eigenvalue weighted by Gasteiger charge is 2.12. The van der Waals surface area contributed by atoms with Crippen LogP contribution >= 0.6 is 0 Å². The van der Waals surface area contributed by atoms with Crippen molar-refractivity contribution in [1.82, 2.24) is 5.32 Å². The zero-order valence-corrected chi connectivity index (χ0v) is 7.55. The molecule has 0 fully saturated rings. The fraction of sp³-hybridized carbons (Fsp3) is 0.857. The van der Waals surface area contributed by atoms with Gasteiger partial charge >= 0.3 is 5.97 Å². The highest BCUT2D eigenvalue weighted by Crippen LogP contribution is 1.81. The normalized spacial score (nSPS) is 11.3. The van der Waals surface area contributed by atoms with Gasteiger partial charge in [-0.15, -0.1) is 0 Å². The van der Waals surface area contributed by atoms with Crippen molar-refractivity contribution in [3.8, 4) is 0 Å². The van der Waals surface area contributed by atoms with Crippen LogP contribution in [0.3, 0.4) is 0 Å². The summed E-state index contributed by atoms with van der Waals surface area (Å²) >= 11 is 0. The quantitative estimate of drug-likeness (QED) is 0.627. The summed E-state index contributed by atoms with van der Waals surface area (Å²) in [5.74, 6) is -0.889. The molecule has 0 saturated carbocycles. The number of carboxylic acids is 1. The number of hydrogen-bond donors (Lipinski definition) is 2. The van der Waals surface area contributed by atoms with Crippen molar-refractivity contribution in [3.63, 3.8) is 0 Å². The van der Waals surface area contributed by atoms with E-state index in [1.54, 1.807) is 7.05 Å². The van der Waals surface area contributed by atoms with Crippen LogP contribution in [0.4, 0.5) is 0 Å². The SMILES string of the molecule is CC.CNC(COC)C(=O)O. The number of carbonyl (C=O) groups is 1. The molecule has 4 nitrogen and oxygen atoms in total. The van der Waals surface area contributed by atoms with E-state index in [0.717, 1.165) is 0 Å². The lowest BCUT2D eigenvalue weighted by Gasteiger charge is -2.07. The van der Waals surface area contributed by atoms with Gasteiger partial charge in [0.1, 0.15) is 6.04 Å². The van der Waals surface area contributed by atoms with E-state index in [-0.39, 0.29) is 6.61 Å². The maximum atomic E-state index is 10.2. The van der Waals surface area contributed by atoms with Crippen LogP contribution in [0.2, 0.25) is 0 Å². The molecule has 0 radical (unpaired) electrons. The molecule has 0 spiro atoms. The number of methoxy groups -OCH3 is 1. The molecular weight excluding hydrogens is 146 g/mol. The minimum absolute atomic E-state index is 0.200. The Morgan fingerprint density at radius 1 is 1.64 bits per heavy atom. The van der Waals surface area contributed by atoms with E-state index < -0.39 is 12.0 Å². The van der Waals surface area contributed by atoms with E-state index in [4.69, 9.17) is 5.11 Å². The third kappa shape index (κ3) is 7.29. The molecule has 1 atom stereocenters. The van der Waals surface area contributed by atoms with E-state index >= 15 is 0 Å². The van der Waals surface area contributed by atoms with E-state index in [9.17, 15) is 4.79 Å². The predicted octanol–water partition coefficient (Wildman–Crippen LogP) is 0.332. The highest BCUT2D eigenvalue weighted by molar-refractivity contribution is 5.73. The monoisotopic (exact) mass is 163 g/mol. The molecule has 0 bridgehead atoms. The Morgan fingerprint density at radius 2 is 2.09 bits per heavy atom. The van der Waals surface area contributed by atoms with Crippen LogP contribution < -0.4 is 5.32 Å². The minimum atomic E-state index is -0.889. The molecule has 0 amide bonds. The molecule has 0 aromatic heterocycles. The maximum absolute atomic E-state index is 10.2. The Balaban J connectivity index is 0. The summed E-state index contributed by atoms with van der Waals surface area (Å²) in [4.78, 5) is 10.2. The molecule has 0 saturated heterocycles. The van der Waals surface area contributed by atoms with Gasteiger partial charge in [-0.05, 0) is 7.05 Å². The number of ether oxygens (including phenoxy) is 1. The minimum Gasteiger partial charge on any atom is -0.480 e. The smallest absolute Gasteiger partial charge is 0.323 e. The standard InChI is InChI=1S/C5H11NO3.C2H6/c1-6-4(3-9-2)5(7)8;1-2/h4,6H,3H2,1-2H3,(H,7,8);1-2H3. The predicted molar refractivity (Wildman–Crippen MR) is 43.7 cm³/mol. The lowest BCUT2D eigenvalue weighted by Crippen LogP contribution is -2.37. The Kier molecular flexibility index (Phi) is 11.1. The second-order valence-electron chi connectivity index (χ2n) is 1.63. The van der Waals surface area contributed by atoms with E-state index in [0.29, 0.717) is 0 Å². The van der Waals surface area contributed by atoms with Gasteiger partial charge in [0, 0.05) is 7.11 Å². The summed E-state index contributed by atoms with van der Waals surface area (Å²) in [6.45, 7) is 4.20. The zero-order valence-electron chi connectivity index (χ0n) is 7.55. The zero-order chi connectivity index (χ0) is 9.28. The van der Waals surface area contributed by atoms with Gasteiger partial charge in [0.2, 0.25) is 0 Å².